The van der Waals surface area contributed by atoms with Crippen molar-refractivity contribution in [3.05, 3.63) is 27.7 Å². The summed E-state index contributed by atoms with van der Waals surface area (Å²) in [7, 11) is 1.24. The second-order valence-electron chi connectivity index (χ2n) is 4.89. The van der Waals surface area contributed by atoms with Crippen LogP contribution in [0.2, 0.25) is 0 Å². The van der Waals surface area contributed by atoms with Gasteiger partial charge in [0.25, 0.3) is 0 Å². The minimum atomic E-state index is -1.28. The number of hydrogen-bond donors (Lipinski definition) is 3. The van der Waals surface area contributed by atoms with E-state index in [1.807, 2.05) is 0 Å². The molecule has 0 spiro atoms. The molecule has 0 fully saturated rings. The number of aromatic carboxylic acids is 1. The van der Waals surface area contributed by atoms with E-state index in [9.17, 15) is 14.7 Å². The van der Waals surface area contributed by atoms with Gasteiger partial charge in [0, 0.05) is 16.1 Å². The van der Waals surface area contributed by atoms with Gasteiger partial charge in [-0.1, -0.05) is 15.9 Å². The second-order valence-corrected chi connectivity index (χ2v) is 5.80. The van der Waals surface area contributed by atoms with E-state index in [1.165, 1.54) is 19.2 Å². The molecule has 0 aliphatic heterocycles. The molecule has 0 radical (unpaired) electrons. The number of halogens is 1. The smallest absolute Gasteiger partial charge is 0.339 e. The van der Waals surface area contributed by atoms with Crippen LogP contribution < -0.4 is 5.73 Å². The number of carboxylic acids is 1. The predicted molar refractivity (Wildman–Crippen MR) is 75.5 cm³/mol. The van der Waals surface area contributed by atoms with E-state index in [0.717, 1.165) is 0 Å². The first-order valence-electron chi connectivity index (χ1n) is 5.72. The van der Waals surface area contributed by atoms with Crippen LogP contribution in [0.25, 0.3) is 0 Å². The van der Waals surface area contributed by atoms with Crippen molar-refractivity contribution in [2.45, 2.75) is 19.9 Å². The Morgan fingerprint density at radius 2 is 1.95 bits per heavy atom. The van der Waals surface area contributed by atoms with E-state index in [2.05, 4.69) is 20.7 Å². The molecule has 0 aliphatic carbocycles. The van der Waals surface area contributed by atoms with Crippen LogP contribution in [0, 0.1) is 5.41 Å². The van der Waals surface area contributed by atoms with Crippen LogP contribution >= 0.6 is 15.9 Å². The summed E-state index contributed by atoms with van der Waals surface area (Å²) in [6, 6.07) is 1.82. The Labute approximate surface area is 124 Å². The molecule has 7 heteroatoms. The fourth-order valence-electron chi connectivity index (χ4n) is 1.80. The van der Waals surface area contributed by atoms with Crippen LogP contribution in [0.1, 0.15) is 35.8 Å². The molecule has 0 amide bonds. The first-order chi connectivity index (χ1) is 9.12. The fraction of sp³-hybridized carbons (Fsp3) is 0.385. The maximum absolute atomic E-state index is 11.8. The first-order valence-corrected chi connectivity index (χ1v) is 6.52. The van der Waals surface area contributed by atoms with E-state index < -0.39 is 29.1 Å². The largest absolute Gasteiger partial charge is 0.507 e. The van der Waals surface area contributed by atoms with Gasteiger partial charge in [-0.15, -0.1) is 0 Å². The summed E-state index contributed by atoms with van der Waals surface area (Å²) in [4.78, 5) is 22.8. The van der Waals surface area contributed by atoms with Crippen LogP contribution in [0.15, 0.2) is 16.6 Å². The highest BCUT2D eigenvalue weighted by atomic mass is 79.9. The van der Waals surface area contributed by atoms with E-state index in [-0.39, 0.29) is 11.1 Å². The first kappa shape index (κ1) is 16.5. The summed E-state index contributed by atoms with van der Waals surface area (Å²) in [5.74, 6) is -2.29. The third kappa shape index (κ3) is 2.94. The molecule has 1 aromatic rings. The summed E-state index contributed by atoms with van der Waals surface area (Å²) in [6.45, 7) is 3.12. The molecule has 0 aromatic heterocycles. The Balaban J connectivity index is 3.40. The summed E-state index contributed by atoms with van der Waals surface area (Å²) in [6.07, 6.45) is 0. The van der Waals surface area contributed by atoms with Gasteiger partial charge in [-0.25, -0.2) is 4.79 Å². The van der Waals surface area contributed by atoms with Crippen LogP contribution in [-0.2, 0) is 9.53 Å². The molecule has 0 bridgehead atoms. The highest BCUT2D eigenvalue weighted by molar-refractivity contribution is 9.10. The summed E-state index contributed by atoms with van der Waals surface area (Å²) < 4.78 is 5.12. The minimum Gasteiger partial charge on any atom is -0.507 e. The summed E-state index contributed by atoms with van der Waals surface area (Å²) >= 11 is 3.16. The number of methoxy groups -OCH3 is 1. The lowest BCUT2D eigenvalue weighted by Crippen LogP contribution is -2.37. The van der Waals surface area contributed by atoms with E-state index in [0.29, 0.717) is 4.47 Å². The van der Waals surface area contributed by atoms with Gasteiger partial charge in [-0.2, -0.15) is 0 Å². The number of rotatable bonds is 4. The van der Waals surface area contributed by atoms with Crippen molar-refractivity contribution >= 4 is 27.9 Å². The number of carbonyl (C=O) groups excluding carboxylic acids is 1. The maximum Gasteiger partial charge on any atom is 0.339 e. The van der Waals surface area contributed by atoms with Gasteiger partial charge in [0.1, 0.15) is 11.3 Å². The van der Waals surface area contributed by atoms with Gasteiger partial charge < -0.3 is 20.7 Å². The molecule has 0 unspecified atom stereocenters. The normalized spacial score (nSPS) is 12.8. The summed E-state index contributed by atoms with van der Waals surface area (Å²) in [5, 5.41) is 19.1. The monoisotopic (exact) mass is 345 g/mol. The number of hydrogen-bond acceptors (Lipinski definition) is 5. The van der Waals surface area contributed by atoms with Crippen molar-refractivity contribution in [3.8, 4) is 5.75 Å². The standard InChI is InChI=1S/C13H16BrNO5/c1-13(2,12(19)20-3)10(15)7-4-6(14)5-8(9(7)16)11(17)18/h4-5,10,16H,15H2,1-3H3,(H,17,18)/t10-/m1/s1. The van der Waals surface area contributed by atoms with Crippen LogP contribution in [0.4, 0.5) is 0 Å². The fourth-order valence-corrected chi connectivity index (χ4v) is 2.27. The zero-order chi connectivity index (χ0) is 15.7. The molecule has 110 valence electrons. The average molecular weight is 346 g/mol. The predicted octanol–water partition coefficient (Wildman–Crippen LogP) is 2.05. The van der Waals surface area contributed by atoms with E-state index in [1.54, 1.807) is 13.8 Å². The minimum absolute atomic E-state index is 0.159. The molecule has 0 saturated heterocycles. The van der Waals surface area contributed by atoms with Gasteiger partial charge in [-0.05, 0) is 26.0 Å². The van der Waals surface area contributed by atoms with Crippen LogP contribution in [0.5, 0.6) is 5.75 Å². The third-order valence-electron chi connectivity index (χ3n) is 3.16. The van der Waals surface area contributed by atoms with Crippen molar-refractivity contribution in [1.82, 2.24) is 0 Å². The van der Waals surface area contributed by atoms with Crippen LogP contribution in [-0.4, -0.2) is 29.3 Å². The molecule has 0 heterocycles. The number of carbonyl (C=O) groups is 2. The Morgan fingerprint density at radius 3 is 2.40 bits per heavy atom. The number of ether oxygens (including phenoxy) is 1. The lowest BCUT2D eigenvalue weighted by Gasteiger charge is -2.29. The number of aromatic hydroxyl groups is 1. The molecule has 20 heavy (non-hydrogen) atoms. The Bertz CT molecular complexity index is 556. The molecule has 1 atom stereocenters. The number of nitrogens with two attached hydrogens (primary N) is 1. The highest BCUT2D eigenvalue weighted by Gasteiger charge is 2.38. The van der Waals surface area contributed by atoms with Gasteiger partial charge in [0.05, 0.1) is 12.5 Å². The Kier molecular flexibility index (Phi) is 4.77. The molecule has 0 saturated carbocycles. The number of phenols is 1. The van der Waals surface area contributed by atoms with Crippen molar-refractivity contribution < 1.29 is 24.5 Å². The lowest BCUT2D eigenvalue weighted by atomic mass is 9.80. The van der Waals surface area contributed by atoms with Gasteiger partial charge in [0.15, 0.2) is 0 Å². The van der Waals surface area contributed by atoms with Gasteiger partial charge in [-0.3, -0.25) is 4.79 Å². The SMILES string of the molecule is COC(=O)C(C)(C)[C@H](N)c1cc(Br)cc(C(=O)O)c1O. The summed E-state index contributed by atoms with van der Waals surface area (Å²) in [5.41, 5.74) is 4.76. The molecule has 4 N–H and O–H groups in total. The van der Waals surface area contributed by atoms with Crippen molar-refractivity contribution in [2.75, 3.05) is 7.11 Å². The third-order valence-corrected chi connectivity index (χ3v) is 3.62. The lowest BCUT2D eigenvalue weighted by molar-refractivity contribution is -0.152. The van der Waals surface area contributed by atoms with Crippen molar-refractivity contribution in [1.29, 1.82) is 0 Å². The zero-order valence-electron chi connectivity index (χ0n) is 11.3. The van der Waals surface area contributed by atoms with Crippen molar-refractivity contribution in [2.24, 2.45) is 11.1 Å². The number of carboxylic acid groups (broad SMARTS) is 1. The molecule has 0 aliphatic rings. The topological polar surface area (TPSA) is 110 Å². The molecule has 1 rings (SSSR count). The second kappa shape index (κ2) is 5.80. The highest BCUT2D eigenvalue weighted by Crippen LogP contribution is 2.39. The average Bonchev–Trinajstić information content (AvgIpc) is 2.38. The van der Waals surface area contributed by atoms with Crippen molar-refractivity contribution in [3.63, 3.8) is 0 Å². The Morgan fingerprint density at radius 1 is 1.40 bits per heavy atom. The van der Waals surface area contributed by atoms with E-state index in [4.69, 9.17) is 10.8 Å². The number of benzene rings is 1. The molecular formula is C13H16BrNO5. The molecule has 1 aromatic carbocycles. The molecule has 6 nitrogen and oxygen atoms in total. The van der Waals surface area contributed by atoms with Crippen LogP contribution in [0.3, 0.4) is 0 Å². The Hall–Kier alpha value is -1.60. The quantitative estimate of drug-likeness (QED) is 0.720. The number of esters is 1. The van der Waals surface area contributed by atoms with Gasteiger partial charge in [0.2, 0.25) is 0 Å². The zero-order valence-corrected chi connectivity index (χ0v) is 12.9. The van der Waals surface area contributed by atoms with E-state index >= 15 is 0 Å². The maximum atomic E-state index is 11.8. The molecular weight excluding hydrogens is 330 g/mol. The van der Waals surface area contributed by atoms with Gasteiger partial charge >= 0.3 is 11.9 Å².